The minimum atomic E-state index is -0.873. The van der Waals surface area contributed by atoms with E-state index < -0.39 is 5.97 Å². The number of hydrogen-bond donors (Lipinski definition) is 1. The number of rotatable bonds is 5. The van der Waals surface area contributed by atoms with Crippen LogP contribution in [-0.2, 0) is 4.79 Å². The molecule has 4 heteroatoms. The Morgan fingerprint density at radius 3 is 2.55 bits per heavy atom. The number of para-hydroxylation sites is 1. The van der Waals surface area contributed by atoms with E-state index in [-0.39, 0.29) is 13.0 Å². The molecule has 0 amide bonds. The fourth-order valence-corrected chi connectivity index (χ4v) is 2.27. The fourth-order valence-electron chi connectivity index (χ4n) is 2.27. The Kier molecular flexibility index (Phi) is 4.01. The zero-order valence-corrected chi connectivity index (χ0v) is 11.9. The largest absolute Gasteiger partial charge is 0.492 e. The van der Waals surface area contributed by atoms with Crippen LogP contribution in [0.4, 0.5) is 0 Å². The summed E-state index contributed by atoms with van der Waals surface area (Å²) in [4.78, 5) is 15.3. The van der Waals surface area contributed by atoms with Crippen LogP contribution < -0.4 is 4.74 Å². The van der Waals surface area contributed by atoms with Crippen molar-refractivity contribution in [1.82, 2.24) is 4.98 Å². The second-order valence-electron chi connectivity index (χ2n) is 4.88. The average molecular weight is 293 g/mol. The Morgan fingerprint density at radius 2 is 1.77 bits per heavy atom. The van der Waals surface area contributed by atoms with E-state index in [1.165, 1.54) is 0 Å². The van der Waals surface area contributed by atoms with Crippen LogP contribution in [-0.4, -0.2) is 22.7 Å². The SMILES string of the molecule is O=C(O)CCOc1cc(-c2ccccc2)nc2ccccc12. The number of benzene rings is 2. The van der Waals surface area contributed by atoms with Gasteiger partial charge in [-0.3, -0.25) is 4.79 Å². The van der Waals surface area contributed by atoms with Crippen molar-refractivity contribution in [3.8, 4) is 17.0 Å². The van der Waals surface area contributed by atoms with Gasteiger partial charge in [0.2, 0.25) is 0 Å². The van der Waals surface area contributed by atoms with Crippen LogP contribution in [0.2, 0.25) is 0 Å². The van der Waals surface area contributed by atoms with Gasteiger partial charge in [-0.25, -0.2) is 4.98 Å². The van der Waals surface area contributed by atoms with Crippen molar-refractivity contribution in [2.75, 3.05) is 6.61 Å². The molecule has 0 saturated carbocycles. The Bertz CT molecular complexity index is 800. The quantitative estimate of drug-likeness (QED) is 0.778. The molecule has 0 unspecified atom stereocenters. The Hall–Kier alpha value is -2.88. The van der Waals surface area contributed by atoms with Gasteiger partial charge in [0.05, 0.1) is 24.2 Å². The van der Waals surface area contributed by atoms with Crippen LogP contribution in [0.25, 0.3) is 22.2 Å². The van der Waals surface area contributed by atoms with E-state index in [1.54, 1.807) is 0 Å². The second-order valence-corrected chi connectivity index (χ2v) is 4.88. The molecule has 110 valence electrons. The smallest absolute Gasteiger partial charge is 0.306 e. The first-order valence-electron chi connectivity index (χ1n) is 7.04. The fraction of sp³-hybridized carbons (Fsp3) is 0.111. The van der Waals surface area contributed by atoms with Gasteiger partial charge in [-0.15, -0.1) is 0 Å². The van der Waals surface area contributed by atoms with Crippen LogP contribution in [0, 0.1) is 0 Å². The molecule has 0 atom stereocenters. The number of pyridine rings is 1. The molecule has 3 aromatic rings. The third kappa shape index (κ3) is 3.06. The lowest BCUT2D eigenvalue weighted by Crippen LogP contribution is -2.05. The normalized spacial score (nSPS) is 10.5. The van der Waals surface area contributed by atoms with Crippen molar-refractivity contribution >= 4 is 16.9 Å². The highest BCUT2D eigenvalue weighted by molar-refractivity contribution is 5.87. The Balaban J connectivity index is 2.02. The summed E-state index contributed by atoms with van der Waals surface area (Å²) < 4.78 is 5.67. The van der Waals surface area contributed by atoms with Gasteiger partial charge in [0.15, 0.2) is 0 Å². The van der Waals surface area contributed by atoms with Gasteiger partial charge in [-0.1, -0.05) is 42.5 Å². The van der Waals surface area contributed by atoms with Crippen LogP contribution in [0.1, 0.15) is 6.42 Å². The molecule has 0 spiro atoms. The lowest BCUT2D eigenvalue weighted by molar-refractivity contribution is -0.137. The lowest BCUT2D eigenvalue weighted by atomic mass is 10.1. The molecule has 0 radical (unpaired) electrons. The molecular formula is C18H15NO3. The number of fused-ring (bicyclic) bond motifs is 1. The second kappa shape index (κ2) is 6.26. The number of nitrogens with zero attached hydrogens (tertiary/aromatic N) is 1. The summed E-state index contributed by atoms with van der Waals surface area (Å²) >= 11 is 0. The zero-order valence-electron chi connectivity index (χ0n) is 11.9. The summed E-state index contributed by atoms with van der Waals surface area (Å²) in [5.74, 6) is -0.215. The average Bonchev–Trinajstić information content (AvgIpc) is 2.55. The van der Waals surface area contributed by atoms with E-state index in [2.05, 4.69) is 4.98 Å². The lowest BCUT2D eigenvalue weighted by Gasteiger charge is -2.11. The van der Waals surface area contributed by atoms with E-state index in [0.29, 0.717) is 5.75 Å². The monoisotopic (exact) mass is 293 g/mol. The van der Waals surface area contributed by atoms with Crippen molar-refractivity contribution in [3.63, 3.8) is 0 Å². The zero-order chi connectivity index (χ0) is 15.4. The first-order valence-corrected chi connectivity index (χ1v) is 7.04. The highest BCUT2D eigenvalue weighted by atomic mass is 16.5. The van der Waals surface area contributed by atoms with Crippen LogP contribution in [0.3, 0.4) is 0 Å². The van der Waals surface area contributed by atoms with Gasteiger partial charge >= 0.3 is 5.97 Å². The van der Waals surface area contributed by atoms with E-state index in [4.69, 9.17) is 9.84 Å². The number of hydrogen-bond acceptors (Lipinski definition) is 3. The molecule has 0 fully saturated rings. The topological polar surface area (TPSA) is 59.4 Å². The van der Waals surface area contributed by atoms with E-state index in [0.717, 1.165) is 22.2 Å². The van der Waals surface area contributed by atoms with Crippen LogP contribution in [0.15, 0.2) is 60.7 Å². The summed E-state index contributed by atoms with van der Waals surface area (Å²) in [6.07, 6.45) is -0.0304. The molecule has 0 aliphatic carbocycles. The van der Waals surface area contributed by atoms with Gasteiger partial charge < -0.3 is 9.84 Å². The molecule has 1 heterocycles. The molecular weight excluding hydrogens is 278 g/mol. The summed E-state index contributed by atoms with van der Waals surface area (Å²) in [6.45, 7) is 0.136. The summed E-state index contributed by atoms with van der Waals surface area (Å²) in [6, 6.07) is 19.4. The molecule has 0 saturated heterocycles. The van der Waals surface area contributed by atoms with Crippen LogP contribution >= 0.6 is 0 Å². The van der Waals surface area contributed by atoms with Gasteiger partial charge in [-0.05, 0) is 12.1 Å². The molecule has 0 aliphatic rings. The molecule has 1 N–H and O–H groups in total. The first-order chi connectivity index (χ1) is 10.7. The van der Waals surface area contributed by atoms with Gasteiger partial charge in [0.25, 0.3) is 0 Å². The third-order valence-electron chi connectivity index (χ3n) is 3.32. The van der Waals surface area contributed by atoms with Crippen molar-refractivity contribution in [2.45, 2.75) is 6.42 Å². The number of carboxylic acids is 1. The van der Waals surface area contributed by atoms with Crippen molar-refractivity contribution in [3.05, 3.63) is 60.7 Å². The highest BCUT2D eigenvalue weighted by Gasteiger charge is 2.09. The molecule has 0 aliphatic heterocycles. The number of aromatic nitrogens is 1. The maximum atomic E-state index is 10.6. The number of carboxylic acid groups (broad SMARTS) is 1. The highest BCUT2D eigenvalue weighted by Crippen LogP contribution is 2.29. The molecule has 2 aromatic carbocycles. The standard InChI is InChI=1S/C18H15NO3/c20-18(21)10-11-22-17-12-16(13-6-2-1-3-7-13)19-15-9-5-4-8-14(15)17/h1-9,12H,10-11H2,(H,20,21). The van der Waals surface area contributed by atoms with Gasteiger partial charge in [-0.2, -0.15) is 0 Å². The first kappa shape index (κ1) is 14.1. The predicted octanol–water partition coefficient (Wildman–Crippen LogP) is 3.76. The Labute approximate surface area is 128 Å². The molecule has 3 rings (SSSR count). The summed E-state index contributed by atoms with van der Waals surface area (Å²) in [5, 5.41) is 9.63. The minimum absolute atomic E-state index is 0.0304. The molecule has 0 bridgehead atoms. The van der Waals surface area contributed by atoms with Crippen molar-refractivity contribution in [2.24, 2.45) is 0 Å². The molecule has 22 heavy (non-hydrogen) atoms. The summed E-state index contributed by atoms with van der Waals surface area (Å²) in [7, 11) is 0. The Morgan fingerprint density at radius 1 is 1.05 bits per heavy atom. The van der Waals surface area contributed by atoms with Gasteiger partial charge in [0.1, 0.15) is 5.75 Å². The molecule has 4 nitrogen and oxygen atoms in total. The van der Waals surface area contributed by atoms with Gasteiger partial charge in [0, 0.05) is 17.0 Å². The maximum Gasteiger partial charge on any atom is 0.306 e. The number of aliphatic carboxylic acids is 1. The summed E-state index contributed by atoms with van der Waals surface area (Å²) in [5.41, 5.74) is 2.63. The van der Waals surface area contributed by atoms with Crippen molar-refractivity contribution in [1.29, 1.82) is 0 Å². The van der Waals surface area contributed by atoms with Crippen LogP contribution in [0.5, 0.6) is 5.75 Å². The number of ether oxygens (including phenoxy) is 1. The van der Waals surface area contributed by atoms with E-state index in [9.17, 15) is 4.79 Å². The van der Waals surface area contributed by atoms with E-state index >= 15 is 0 Å². The molecule has 1 aromatic heterocycles. The number of carbonyl (C=O) groups is 1. The third-order valence-corrected chi connectivity index (χ3v) is 3.32. The minimum Gasteiger partial charge on any atom is -0.492 e. The maximum absolute atomic E-state index is 10.6. The predicted molar refractivity (Wildman–Crippen MR) is 84.9 cm³/mol. The van der Waals surface area contributed by atoms with Crippen molar-refractivity contribution < 1.29 is 14.6 Å². The van der Waals surface area contributed by atoms with E-state index in [1.807, 2.05) is 60.7 Å².